The maximum absolute atomic E-state index is 13.8. The van der Waals surface area contributed by atoms with E-state index in [0.717, 1.165) is 16.7 Å². The van der Waals surface area contributed by atoms with Gasteiger partial charge in [0.15, 0.2) is 5.96 Å². The molecule has 0 spiro atoms. The van der Waals surface area contributed by atoms with Gasteiger partial charge in [-0.2, -0.15) is 9.30 Å². The minimum Gasteiger partial charge on any atom is -0.497 e. The van der Waals surface area contributed by atoms with Gasteiger partial charge in [-0.1, -0.05) is 36.4 Å². The third-order valence-corrected chi connectivity index (χ3v) is 7.44. The number of methoxy groups -OCH3 is 2. The van der Waals surface area contributed by atoms with Crippen LogP contribution in [0.3, 0.4) is 0 Å². The van der Waals surface area contributed by atoms with E-state index in [1.165, 1.54) is 4.31 Å². The Hall–Kier alpha value is -4.09. The lowest BCUT2D eigenvalue weighted by molar-refractivity contribution is 0.397. The van der Waals surface area contributed by atoms with Gasteiger partial charge in [-0.15, -0.1) is 0 Å². The van der Waals surface area contributed by atoms with Gasteiger partial charge in [0.2, 0.25) is 16.0 Å². The van der Waals surface area contributed by atoms with Gasteiger partial charge >= 0.3 is 0 Å². The van der Waals surface area contributed by atoms with Crippen molar-refractivity contribution in [2.75, 3.05) is 28.3 Å². The van der Waals surface area contributed by atoms with Crippen LogP contribution in [0.1, 0.15) is 16.7 Å². The van der Waals surface area contributed by atoms with Gasteiger partial charge in [0.25, 0.3) is 0 Å². The van der Waals surface area contributed by atoms with Crippen molar-refractivity contribution >= 4 is 21.9 Å². The highest BCUT2D eigenvalue weighted by atomic mass is 32.2. The van der Waals surface area contributed by atoms with Crippen molar-refractivity contribution in [3.63, 3.8) is 0 Å². The Morgan fingerprint density at radius 3 is 1.61 bits per heavy atom. The summed E-state index contributed by atoms with van der Waals surface area (Å²) in [4.78, 5) is 10.3. The lowest BCUT2D eigenvalue weighted by Crippen LogP contribution is -2.30. The lowest BCUT2D eigenvalue weighted by Gasteiger charge is -2.23. The van der Waals surface area contributed by atoms with Gasteiger partial charge in [0, 0.05) is 27.2 Å². The molecule has 4 N–H and O–H groups in total. The number of benzene rings is 3. The van der Waals surface area contributed by atoms with Crippen molar-refractivity contribution in [2.45, 2.75) is 24.5 Å². The van der Waals surface area contributed by atoms with Gasteiger partial charge in [0.1, 0.15) is 11.5 Å². The van der Waals surface area contributed by atoms with Crippen molar-refractivity contribution in [3.8, 4) is 11.5 Å². The Kier molecular flexibility index (Phi) is 9.69. The molecule has 0 unspecified atom stereocenters. The molecule has 0 fully saturated rings. The SMILES string of the molecule is COc1ccc(CN(Cc2ccc(OC)cc2)S(=O)(=O)c2ccc(CN=C(N=C(N)N)N(C)C)cc2)cc1. The third kappa shape index (κ3) is 7.70. The summed E-state index contributed by atoms with van der Waals surface area (Å²) in [6.45, 7) is 0.663. The summed E-state index contributed by atoms with van der Waals surface area (Å²) in [6, 6.07) is 21.3. The molecule has 0 radical (unpaired) electrons. The van der Waals surface area contributed by atoms with Crippen molar-refractivity contribution in [2.24, 2.45) is 21.5 Å². The summed E-state index contributed by atoms with van der Waals surface area (Å²) in [5.74, 6) is 1.68. The van der Waals surface area contributed by atoms with Crippen molar-refractivity contribution < 1.29 is 17.9 Å². The summed E-state index contributed by atoms with van der Waals surface area (Å²) in [5, 5.41) is 0. The molecule has 0 aliphatic heterocycles. The standard InChI is InChI=1S/C27H34N6O4S/c1-32(2)27(31-26(28)29)30-17-20-9-15-25(16-10-20)38(34,35)33(18-21-5-11-23(36-3)12-6-21)19-22-7-13-24(37-4)14-8-22/h5-16H,17-19H2,1-4H3,(H4,28,29,30,31). The first kappa shape index (κ1) is 28.5. The van der Waals surface area contributed by atoms with Crippen LogP contribution >= 0.6 is 0 Å². The normalized spacial score (nSPS) is 11.8. The van der Waals surface area contributed by atoms with Crippen LogP contribution in [0, 0.1) is 0 Å². The second-order valence-corrected chi connectivity index (χ2v) is 10.6. The van der Waals surface area contributed by atoms with E-state index < -0.39 is 10.0 Å². The van der Waals surface area contributed by atoms with Gasteiger partial charge < -0.3 is 25.8 Å². The van der Waals surface area contributed by atoms with E-state index in [4.69, 9.17) is 20.9 Å². The number of nitrogens with zero attached hydrogens (tertiary/aromatic N) is 4. The Labute approximate surface area is 224 Å². The Bertz CT molecular complexity index is 1300. The van der Waals surface area contributed by atoms with Gasteiger partial charge in [0.05, 0.1) is 25.7 Å². The van der Waals surface area contributed by atoms with E-state index in [0.29, 0.717) is 17.5 Å². The molecule has 0 atom stereocenters. The summed E-state index contributed by atoms with van der Waals surface area (Å²) >= 11 is 0. The second kappa shape index (κ2) is 12.9. The monoisotopic (exact) mass is 538 g/mol. The molecule has 0 amide bonds. The second-order valence-electron chi connectivity index (χ2n) is 8.66. The quantitative estimate of drug-likeness (QED) is 0.299. The molecule has 3 aromatic carbocycles. The number of aliphatic imine (C=N–C) groups is 2. The number of nitrogens with two attached hydrogens (primary N) is 2. The highest BCUT2D eigenvalue weighted by Crippen LogP contribution is 2.24. The van der Waals surface area contributed by atoms with E-state index in [2.05, 4.69) is 9.98 Å². The molecule has 0 heterocycles. The number of hydrogen-bond donors (Lipinski definition) is 2. The van der Waals surface area contributed by atoms with Crippen LogP contribution in [0.25, 0.3) is 0 Å². The zero-order valence-electron chi connectivity index (χ0n) is 22.0. The summed E-state index contributed by atoms with van der Waals surface area (Å²) < 4.78 is 39.5. The van der Waals surface area contributed by atoms with Crippen LogP contribution in [0.15, 0.2) is 87.7 Å². The van der Waals surface area contributed by atoms with Crippen LogP contribution in [0.5, 0.6) is 11.5 Å². The molecule has 10 nitrogen and oxygen atoms in total. The summed E-state index contributed by atoms with van der Waals surface area (Å²) in [6.07, 6.45) is 0. The number of ether oxygens (including phenoxy) is 2. The summed E-state index contributed by atoms with van der Waals surface area (Å²) in [7, 11) is 2.90. The maximum atomic E-state index is 13.8. The van der Waals surface area contributed by atoms with E-state index in [1.54, 1.807) is 57.5 Å². The Morgan fingerprint density at radius 2 is 1.21 bits per heavy atom. The molecule has 0 aliphatic carbocycles. The molecule has 0 saturated carbocycles. The van der Waals surface area contributed by atoms with E-state index >= 15 is 0 Å². The molecule has 0 aromatic heterocycles. The first-order valence-corrected chi connectivity index (χ1v) is 13.2. The molecule has 202 valence electrons. The molecule has 3 aromatic rings. The van der Waals surface area contributed by atoms with Gasteiger partial charge in [-0.05, 0) is 53.1 Å². The summed E-state index contributed by atoms with van der Waals surface area (Å²) in [5.41, 5.74) is 13.4. The minimum absolute atomic E-state index is 0.0901. The number of sulfonamides is 1. The highest BCUT2D eigenvalue weighted by molar-refractivity contribution is 7.89. The molecular formula is C27H34N6O4S. The van der Waals surface area contributed by atoms with Gasteiger partial charge in [-0.3, -0.25) is 0 Å². The zero-order valence-corrected chi connectivity index (χ0v) is 22.9. The van der Waals surface area contributed by atoms with Crippen molar-refractivity contribution in [3.05, 3.63) is 89.5 Å². The van der Waals surface area contributed by atoms with E-state index in [1.807, 2.05) is 48.5 Å². The molecule has 11 heteroatoms. The smallest absolute Gasteiger partial charge is 0.243 e. The Balaban J connectivity index is 1.88. The van der Waals surface area contributed by atoms with E-state index in [9.17, 15) is 8.42 Å². The van der Waals surface area contributed by atoms with Crippen LogP contribution in [0.4, 0.5) is 0 Å². The average Bonchev–Trinajstić information content (AvgIpc) is 2.91. The molecule has 3 rings (SSSR count). The fraction of sp³-hybridized carbons (Fsp3) is 0.259. The lowest BCUT2D eigenvalue weighted by atomic mass is 10.2. The maximum Gasteiger partial charge on any atom is 0.243 e. The minimum atomic E-state index is -3.83. The topological polar surface area (TPSA) is 136 Å². The predicted molar refractivity (Wildman–Crippen MR) is 149 cm³/mol. The average molecular weight is 539 g/mol. The highest BCUT2D eigenvalue weighted by Gasteiger charge is 2.25. The van der Waals surface area contributed by atoms with E-state index in [-0.39, 0.29) is 30.5 Å². The first-order chi connectivity index (χ1) is 18.1. The third-order valence-electron chi connectivity index (χ3n) is 5.63. The molecule has 0 saturated heterocycles. The first-order valence-electron chi connectivity index (χ1n) is 11.8. The molecule has 0 aliphatic rings. The predicted octanol–water partition coefficient (Wildman–Crippen LogP) is 2.79. The fourth-order valence-electron chi connectivity index (χ4n) is 3.57. The van der Waals surface area contributed by atoms with Gasteiger partial charge in [-0.25, -0.2) is 13.4 Å². The Morgan fingerprint density at radius 1 is 0.763 bits per heavy atom. The van der Waals surface area contributed by atoms with Crippen LogP contribution in [0.2, 0.25) is 0 Å². The van der Waals surface area contributed by atoms with Crippen molar-refractivity contribution in [1.29, 1.82) is 0 Å². The largest absolute Gasteiger partial charge is 0.497 e. The zero-order chi connectivity index (χ0) is 27.7. The van der Waals surface area contributed by atoms with Crippen LogP contribution in [-0.4, -0.2) is 57.9 Å². The van der Waals surface area contributed by atoms with Crippen molar-refractivity contribution in [1.82, 2.24) is 9.21 Å². The molecule has 38 heavy (non-hydrogen) atoms. The number of guanidine groups is 2. The fourth-order valence-corrected chi connectivity index (χ4v) is 4.98. The number of hydrogen-bond acceptors (Lipinski definition) is 5. The van der Waals surface area contributed by atoms with Crippen LogP contribution in [-0.2, 0) is 29.7 Å². The van der Waals surface area contributed by atoms with Crippen LogP contribution < -0.4 is 20.9 Å². The molecule has 0 bridgehead atoms. The molecular weight excluding hydrogens is 504 g/mol. The number of rotatable bonds is 10.